The summed E-state index contributed by atoms with van der Waals surface area (Å²) >= 11 is 0. The topological polar surface area (TPSA) is 29.9 Å². The fourth-order valence-corrected chi connectivity index (χ4v) is 2.43. The van der Waals surface area contributed by atoms with E-state index in [0.29, 0.717) is 11.7 Å². The predicted molar refractivity (Wildman–Crippen MR) is 77.6 cm³/mol. The van der Waals surface area contributed by atoms with Crippen LogP contribution in [0.25, 0.3) is 5.69 Å². The molecule has 3 nitrogen and oxygen atoms in total. The van der Waals surface area contributed by atoms with Gasteiger partial charge in [0, 0.05) is 18.8 Å². The zero-order valence-electron chi connectivity index (χ0n) is 12.3. The SMILES string of the molecule is C[C@H](NCc1ccc(-n2ccc(C(F)(F)F)n2)cc1)C1CC1. The van der Waals surface area contributed by atoms with Gasteiger partial charge < -0.3 is 5.32 Å². The lowest BCUT2D eigenvalue weighted by Gasteiger charge is -2.12. The van der Waals surface area contributed by atoms with Gasteiger partial charge in [-0.1, -0.05) is 12.1 Å². The summed E-state index contributed by atoms with van der Waals surface area (Å²) in [5, 5.41) is 7.04. The van der Waals surface area contributed by atoms with Gasteiger partial charge in [-0.3, -0.25) is 0 Å². The fourth-order valence-electron chi connectivity index (χ4n) is 2.43. The zero-order valence-corrected chi connectivity index (χ0v) is 12.3. The second-order valence-corrected chi connectivity index (χ2v) is 5.82. The number of nitrogens with zero attached hydrogens (tertiary/aromatic N) is 2. The molecule has 1 aliphatic rings. The van der Waals surface area contributed by atoms with E-state index in [-0.39, 0.29) is 0 Å². The van der Waals surface area contributed by atoms with Crippen LogP contribution in [0.1, 0.15) is 31.0 Å². The Bertz CT molecular complexity index is 627. The van der Waals surface area contributed by atoms with E-state index in [1.807, 2.05) is 12.1 Å². The van der Waals surface area contributed by atoms with Gasteiger partial charge in [0.1, 0.15) is 0 Å². The maximum atomic E-state index is 12.5. The second kappa shape index (κ2) is 5.76. The predicted octanol–water partition coefficient (Wildman–Crippen LogP) is 3.78. The number of alkyl halides is 3. The molecular formula is C16H18F3N3. The third-order valence-electron chi connectivity index (χ3n) is 4.04. The van der Waals surface area contributed by atoms with Crippen molar-refractivity contribution in [2.24, 2.45) is 5.92 Å². The molecule has 118 valence electrons. The quantitative estimate of drug-likeness (QED) is 0.911. The zero-order chi connectivity index (χ0) is 15.7. The summed E-state index contributed by atoms with van der Waals surface area (Å²) < 4.78 is 38.9. The Kier molecular flexibility index (Phi) is 3.95. The summed E-state index contributed by atoms with van der Waals surface area (Å²) in [4.78, 5) is 0. The summed E-state index contributed by atoms with van der Waals surface area (Å²) in [6.07, 6.45) is -0.485. The number of hydrogen-bond donors (Lipinski definition) is 1. The van der Waals surface area contributed by atoms with E-state index in [1.165, 1.54) is 23.7 Å². The number of hydrogen-bond acceptors (Lipinski definition) is 2. The van der Waals surface area contributed by atoms with Crippen LogP contribution in [0.2, 0.25) is 0 Å². The minimum absolute atomic E-state index is 0.514. The molecule has 1 atom stereocenters. The van der Waals surface area contributed by atoms with E-state index >= 15 is 0 Å². The van der Waals surface area contributed by atoms with E-state index < -0.39 is 11.9 Å². The van der Waals surface area contributed by atoms with Gasteiger partial charge in [-0.15, -0.1) is 0 Å². The number of rotatable bonds is 5. The van der Waals surface area contributed by atoms with Crippen molar-refractivity contribution in [2.75, 3.05) is 0 Å². The lowest BCUT2D eigenvalue weighted by atomic mass is 10.1. The van der Waals surface area contributed by atoms with Crippen LogP contribution < -0.4 is 5.32 Å². The Hall–Kier alpha value is -1.82. The van der Waals surface area contributed by atoms with Gasteiger partial charge in [0.15, 0.2) is 5.69 Å². The molecule has 1 N–H and O–H groups in total. The van der Waals surface area contributed by atoms with Crippen LogP contribution in [-0.2, 0) is 12.7 Å². The van der Waals surface area contributed by atoms with Gasteiger partial charge in [0.2, 0.25) is 0 Å². The highest BCUT2D eigenvalue weighted by Gasteiger charge is 2.33. The largest absolute Gasteiger partial charge is 0.435 e. The molecule has 0 spiro atoms. The molecule has 0 saturated heterocycles. The normalized spacial score (nSPS) is 16.7. The number of benzene rings is 1. The van der Waals surface area contributed by atoms with Crippen molar-refractivity contribution in [3.05, 3.63) is 47.8 Å². The Morgan fingerprint density at radius 3 is 2.45 bits per heavy atom. The molecule has 0 amide bonds. The molecule has 1 aromatic heterocycles. The highest BCUT2D eigenvalue weighted by molar-refractivity contribution is 5.34. The highest BCUT2D eigenvalue weighted by Crippen LogP contribution is 2.32. The van der Waals surface area contributed by atoms with Crippen molar-refractivity contribution in [2.45, 2.75) is 38.5 Å². The van der Waals surface area contributed by atoms with Crippen LogP contribution in [0.15, 0.2) is 36.5 Å². The Balaban J connectivity index is 1.64. The van der Waals surface area contributed by atoms with E-state index in [0.717, 1.165) is 24.1 Å². The van der Waals surface area contributed by atoms with Crippen LogP contribution in [0.5, 0.6) is 0 Å². The minimum atomic E-state index is -4.41. The lowest BCUT2D eigenvalue weighted by Crippen LogP contribution is -2.27. The molecule has 2 aromatic rings. The number of aromatic nitrogens is 2. The molecule has 0 radical (unpaired) electrons. The summed E-state index contributed by atoms with van der Waals surface area (Å²) in [6, 6.07) is 8.89. The van der Waals surface area contributed by atoms with Crippen LogP contribution in [0.3, 0.4) is 0 Å². The number of halogens is 3. The first-order valence-corrected chi connectivity index (χ1v) is 7.39. The molecule has 3 rings (SSSR count). The maximum Gasteiger partial charge on any atom is 0.435 e. The van der Waals surface area contributed by atoms with Crippen LogP contribution >= 0.6 is 0 Å². The fraction of sp³-hybridized carbons (Fsp3) is 0.438. The molecule has 1 aromatic carbocycles. The van der Waals surface area contributed by atoms with Crippen LogP contribution in [0.4, 0.5) is 13.2 Å². The average Bonchev–Trinajstić information content (AvgIpc) is 3.21. The van der Waals surface area contributed by atoms with Gasteiger partial charge >= 0.3 is 6.18 Å². The monoisotopic (exact) mass is 309 g/mol. The molecule has 1 aliphatic carbocycles. The van der Waals surface area contributed by atoms with Crippen molar-refractivity contribution in [1.29, 1.82) is 0 Å². The van der Waals surface area contributed by atoms with Gasteiger partial charge in [0.05, 0.1) is 5.69 Å². The average molecular weight is 309 g/mol. The van der Waals surface area contributed by atoms with E-state index in [2.05, 4.69) is 17.3 Å². The summed E-state index contributed by atoms with van der Waals surface area (Å²) in [6.45, 7) is 2.96. The third-order valence-corrected chi connectivity index (χ3v) is 4.04. The lowest BCUT2D eigenvalue weighted by molar-refractivity contribution is -0.141. The van der Waals surface area contributed by atoms with E-state index in [1.54, 1.807) is 12.1 Å². The van der Waals surface area contributed by atoms with Crippen LogP contribution in [0, 0.1) is 5.92 Å². The van der Waals surface area contributed by atoms with Gasteiger partial charge in [-0.2, -0.15) is 18.3 Å². The minimum Gasteiger partial charge on any atom is -0.310 e. The summed E-state index contributed by atoms with van der Waals surface area (Å²) in [7, 11) is 0. The molecule has 6 heteroatoms. The smallest absolute Gasteiger partial charge is 0.310 e. The highest BCUT2D eigenvalue weighted by atomic mass is 19.4. The molecule has 0 unspecified atom stereocenters. The van der Waals surface area contributed by atoms with Crippen molar-refractivity contribution in [3.8, 4) is 5.69 Å². The molecule has 0 aliphatic heterocycles. The summed E-state index contributed by atoms with van der Waals surface area (Å²) in [5.74, 6) is 0.795. The van der Waals surface area contributed by atoms with Crippen LogP contribution in [-0.4, -0.2) is 15.8 Å². The first-order valence-electron chi connectivity index (χ1n) is 7.39. The first kappa shape index (κ1) is 15.1. The van der Waals surface area contributed by atoms with Crippen molar-refractivity contribution >= 4 is 0 Å². The Morgan fingerprint density at radius 1 is 1.23 bits per heavy atom. The molecule has 0 bridgehead atoms. The number of nitrogens with one attached hydrogen (secondary N) is 1. The van der Waals surface area contributed by atoms with Gasteiger partial charge in [0.25, 0.3) is 0 Å². The molecule has 1 heterocycles. The molecule has 22 heavy (non-hydrogen) atoms. The molecule has 1 fully saturated rings. The summed E-state index contributed by atoms with van der Waals surface area (Å²) in [5.41, 5.74) is 0.852. The standard InChI is InChI=1S/C16H18F3N3/c1-11(13-4-5-13)20-10-12-2-6-14(7-3-12)22-9-8-15(21-22)16(17,18)19/h2-3,6-9,11,13,20H,4-5,10H2,1H3/t11-/m0/s1. The Labute approximate surface area is 127 Å². The van der Waals surface area contributed by atoms with Crippen molar-refractivity contribution in [1.82, 2.24) is 15.1 Å². The first-order chi connectivity index (χ1) is 10.4. The maximum absolute atomic E-state index is 12.5. The van der Waals surface area contributed by atoms with Gasteiger partial charge in [-0.25, -0.2) is 4.68 Å². The van der Waals surface area contributed by atoms with E-state index in [4.69, 9.17) is 0 Å². The molecular weight excluding hydrogens is 291 g/mol. The van der Waals surface area contributed by atoms with Gasteiger partial charge in [-0.05, 0) is 49.4 Å². The Morgan fingerprint density at radius 2 is 1.91 bits per heavy atom. The van der Waals surface area contributed by atoms with Crippen molar-refractivity contribution in [3.63, 3.8) is 0 Å². The second-order valence-electron chi connectivity index (χ2n) is 5.82. The van der Waals surface area contributed by atoms with Crippen molar-refractivity contribution < 1.29 is 13.2 Å². The third kappa shape index (κ3) is 3.50. The molecule has 1 saturated carbocycles. The van der Waals surface area contributed by atoms with E-state index in [9.17, 15) is 13.2 Å².